The summed E-state index contributed by atoms with van der Waals surface area (Å²) in [6, 6.07) is 0.514. The van der Waals surface area contributed by atoms with E-state index in [1.807, 2.05) is 39.8 Å². The first-order valence-electron chi connectivity index (χ1n) is 14.6. The van der Waals surface area contributed by atoms with Gasteiger partial charge in [-0.15, -0.1) is 0 Å². The molecule has 0 saturated carbocycles. The molecule has 0 heterocycles. The number of aliphatic hydroxyl groups excluding tert-OH is 2. The molecule has 12 nitrogen and oxygen atoms in total. The number of likely N-dealkylation sites (N-methyl/N-ethyl adjacent to an activating group) is 2. The summed E-state index contributed by atoms with van der Waals surface area (Å²) in [5.74, 6) is -6.64. The number of allylic oxidation sites excluding steroid dienone is 1. The Balaban J connectivity index is 1.84. The number of primary amides is 1. The maximum absolute atomic E-state index is 14.1. The average molecular weight is 601 g/mol. The maximum Gasteiger partial charge on any atom is 0.255 e. The smallest absolute Gasteiger partial charge is 0.255 e. The minimum absolute atomic E-state index is 0.000536. The molecule has 6 N–H and O–H groups in total. The van der Waals surface area contributed by atoms with Crippen LogP contribution in [-0.2, 0) is 27.3 Å². The van der Waals surface area contributed by atoms with E-state index in [4.69, 9.17) is 10.5 Å². The van der Waals surface area contributed by atoms with E-state index in [0.717, 1.165) is 17.8 Å². The average Bonchev–Trinajstić information content (AvgIpc) is 2.89. The van der Waals surface area contributed by atoms with Gasteiger partial charge in [-0.3, -0.25) is 24.2 Å². The summed E-state index contributed by atoms with van der Waals surface area (Å²) in [4.78, 5) is 45.3. The molecule has 1 aromatic rings. The summed E-state index contributed by atoms with van der Waals surface area (Å²) >= 11 is 0. The van der Waals surface area contributed by atoms with Crippen molar-refractivity contribution in [3.05, 3.63) is 45.4 Å². The van der Waals surface area contributed by atoms with E-state index < -0.39 is 58.0 Å². The van der Waals surface area contributed by atoms with Crippen LogP contribution < -0.4 is 10.6 Å². The number of ketones is 2. The number of hydrogen-bond acceptors (Lipinski definition) is 11. The Kier molecular flexibility index (Phi) is 8.99. The molecule has 12 heteroatoms. The van der Waals surface area contributed by atoms with Crippen LogP contribution in [0.15, 0.2) is 28.7 Å². The number of carbonyl (C=O) groups is 3. The molecular weight excluding hydrogens is 556 g/mol. The van der Waals surface area contributed by atoms with E-state index in [0.29, 0.717) is 25.3 Å². The number of aromatic hydroxyl groups is 1. The minimum atomic E-state index is -2.66. The van der Waals surface area contributed by atoms with Gasteiger partial charge in [0.05, 0.1) is 24.3 Å². The Labute approximate surface area is 252 Å². The highest BCUT2D eigenvalue weighted by molar-refractivity contribution is 6.24. The number of nitrogens with two attached hydrogens (primary N) is 1. The lowest BCUT2D eigenvalue weighted by Gasteiger charge is -2.50. The number of Topliss-reactive ketones (excluding diaryl/α,β-unsaturated/α-hetero) is 2. The number of hydrogen-bond donors (Lipinski definition) is 5. The highest BCUT2D eigenvalue weighted by atomic mass is 16.5. The van der Waals surface area contributed by atoms with Crippen LogP contribution in [0.2, 0.25) is 0 Å². The molecule has 43 heavy (non-hydrogen) atoms. The Morgan fingerprint density at radius 3 is 2.35 bits per heavy atom. The van der Waals surface area contributed by atoms with Crippen LogP contribution in [0.4, 0.5) is 5.69 Å². The third kappa shape index (κ3) is 5.30. The quantitative estimate of drug-likeness (QED) is 0.246. The van der Waals surface area contributed by atoms with Gasteiger partial charge in [-0.1, -0.05) is 6.92 Å². The van der Waals surface area contributed by atoms with Crippen LogP contribution in [0, 0.1) is 11.8 Å². The number of nitrogens with zero attached hydrogens (tertiary/aromatic N) is 3. The van der Waals surface area contributed by atoms with Crippen molar-refractivity contribution >= 4 is 23.2 Å². The normalized spacial score (nSPS) is 25.4. The SMILES string of the molecule is CCN(CCOC(C)C)Cc1cc(O)c2c(c1N(C)C)C[C@H]1C[C@H]3[C@H](N(C)C)C(O)=C(C(N)=O)C(=O)[C@@]3(O)C(O)=C1C2=O. The Morgan fingerprint density at radius 2 is 1.81 bits per heavy atom. The number of rotatable bonds is 10. The zero-order valence-electron chi connectivity index (χ0n) is 26.0. The molecule has 0 aromatic heterocycles. The molecule has 4 rings (SSSR count). The Morgan fingerprint density at radius 1 is 1.16 bits per heavy atom. The van der Waals surface area contributed by atoms with Crippen LogP contribution >= 0.6 is 0 Å². The minimum Gasteiger partial charge on any atom is -0.510 e. The number of phenolic OH excluding ortho intramolecular Hbond substituents is 1. The van der Waals surface area contributed by atoms with E-state index in [-0.39, 0.29) is 35.8 Å². The summed E-state index contributed by atoms with van der Waals surface area (Å²) in [5, 5.41) is 45.5. The number of benzene rings is 1. The number of anilines is 1. The molecule has 3 aliphatic rings. The zero-order chi connectivity index (χ0) is 32.1. The molecule has 0 unspecified atom stereocenters. The molecular formula is C31H44N4O8. The van der Waals surface area contributed by atoms with Crippen LogP contribution in [0.25, 0.3) is 0 Å². The van der Waals surface area contributed by atoms with Gasteiger partial charge in [0.1, 0.15) is 22.8 Å². The van der Waals surface area contributed by atoms with Crippen molar-refractivity contribution in [2.24, 2.45) is 17.6 Å². The van der Waals surface area contributed by atoms with Crippen LogP contribution in [0.5, 0.6) is 5.75 Å². The molecule has 236 valence electrons. The van der Waals surface area contributed by atoms with Crippen molar-refractivity contribution in [3.8, 4) is 5.75 Å². The van der Waals surface area contributed by atoms with Crippen LogP contribution in [0.3, 0.4) is 0 Å². The lowest BCUT2D eigenvalue weighted by atomic mass is 9.58. The number of phenols is 1. The van der Waals surface area contributed by atoms with Gasteiger partial charge in [0.15, 0.2) is 11.4 Å². The van der Waals surface area contributed by atoms with Gasteiger partial charge in [0, 0.05) is 44.4 Å². The number of amides is 1. The summed E-state index contributed by atoms with van der Waals surface area (Å²) in [5.41, 5.74) is 3.93. The summed E-state index contributed by atoms with van der Waals surface area (Å²) < 4.78 is 5.73. The standard InChI is InChI=1S/C31H44N4O8/c1-8-35(9-10-43-15(2)3)14-17-13-20(36)22-18(24(17)33(4)5)11-16-12-19-25(34(6)7)27(38)23(30(32)41)29(40)31(19,42)28(39)21(16)26(22)37/h13,15-16,19,25,36,38-39,42H,8-12,14H2,1-7H3,(H2,32,41)/t16-,19-,25-,31-/m0/s1. The fraction of sp³-hybridized carbons (Fsp3) is 0.581. The Bertz CT molecular complexity index is 1400. The summed E-state index contributed by atoms with van der Waals surface area (Å²) in [6.45, 7) is 8.43. The van der Waals surface area contributed by atoms with Gasteiger partial charge >= 0.3 is 0 Å². The van der Waals surface area contributed by atoms with E-state index >= 15 is 0 Å². The number of ether oxygens (including phenoxy) is 1. The topological polar surface area (TPSA) is 177 Å². The zero-order valence-corrected chi connectivity index (χ0v) is 26.0. The van der Waals surface area contributed by atoms with Crippen molar-refractivity contribution in [2.45, 2.75) is 57.9 Å². The van der Waals surface area contributed by atoms with E-state index in [1.165, 1.54) is 4.90 Å². The fourth-order valence-electron chi connectivity index (χ4n) is 7.06. The predicted molar refractivity (Wildman–Crippen MR) is 160 cm³/mol. The van der Waals surface area contributed by atoms with Crippen LogP contribution in [0.1, 0.15) is 48.7 Å². The fourth-order valence-corrected chi connectivity index (χ4v) is 7.06. The van der Waals surface area contributed by atoms with Crippen LogP contribution in [-0.4, -0.2) is 113 Å². The summed E-state index contributed by atoms with van der Waals surface area (Å²) in [7, 11) is 6.93. The van der Waals surface area contributed by atoms with E-state index in [2.05, 4.69) is 4.90 Å². The largest absolute Gasteiger partial charge is 0.510 e. The molecule has 0 aliphatic heterocycles. The molecule has 0 fully saturated rings. The second-order valence-corrected chi connectivity index (χ2v) is 12.4. The highest BCUT2D eigenvalue weighted by Crippen LogP contribution is 2.53. The first kappa shape index (κ1) is 32.5. The van der Waals surface area contributed by atoms with Gasteiger partial charge in [0.2, 0.25) is 5.78 Å². The Hall–Kier alpha value is -3.45. The van der Waals surface area contributed by atoms with Crippen molar-refractivity contribution in [1.29, 1.82) is 0 Å². The van der Waals surface area contributed by atoms with Gasteiger partial charge in [-0.25, -0.2) is 0 Å². The maximum atomic E-state index is 14.1. The number of fused-ring (bicyclic) bond motifs is 3. The molecule has 0 spiro atoms. The van der Waals surface area contributed by atoms with E-state index in [9.17, 15) is 34.8 Å². The van der Waals surface area contributed by atoms with Gasteiger partial charge in [-0.05, 0) is 70.4 Å². The van der Waals surface area contributed by atoms with Crippen molar-refractivity contribution in [1.82, 2.24) is 9.80 Å². The second kappa shape index (κ2) is 11.9. The lowest BCUT2D eigenvalue weighted by Crippen LogP contribution is -2.63. The van der Waals surface area contributed by atoms with Crippen molar-refractivity contribution < 1.29 is 39.5 Å². The lowest BCUT2D eigenvalue weighted by molar-refractivity contribution is -0.148. The van der Waals surface area contributed by atoms with Gasteiger partial charge in [0.25, 0.3) is 5.91 Å². The first-order valence-corrected chi connectivity index (χ1v) is 14.6. The molecule has 3 aliphatic carbocycles. The molecule has 0 bridgehead atoms. The monoisotopic (exact) mass is 600 g/mol. The predicted octanol–water partition coefficient (Wildman–Crippen LogP) is 1.43. The molecule has 4 atom stereocenters. The van der Waals surface area contributed by atoms with Gasteiger partial charge < -0.3 is 35.8 Å². The first-order chi connectivity index (χ1) is 20.1. The molecule has 0 saturated heterocycles. The third-order valence-corrected chi connectivity index (χ3v) is 8.92. The molecule has 0 radical (unpaired) electrons. The van der Waals surface area contributed by atoms with E-state index in [1.54, 1.807) is 20.2 Å². The number of aliphatic hydroxyl groups is 3. The molecule has 1 aromatic carbocycles. The second-order valence-electron chi connectivity index (χ2n) is 12.4. The van der Waals surface area contributed by atoms with Gasteiger partial charge in [-0.2, -0.15) is 0 Å². The number of carbonyl (C=O) groups excluding carboxylic acids is 3. The summed E-state index contributed by atoms with van der Waals surface area (Å²) in [6.07, 6.45) is 0.372. The highest BCUT2D eigenvalue weighted by Gasteiger charge is 2.63. The molecule has 1 amide bonds. The van der Waals surface area contributed by atoms with Crippen molar-refractivity contribution in [2.75, 3.05) is 52.8 Å². The third-order valence-electron chi connectivity index (χ3n) is 8.92. The van der Waals surface area contributed by atoms with Crippen molar-refractivity contribution in [3.63, 3.8) is 0 Å².